The van der Waals surface area contributed by atoms with Gasteiger partial charge in [-0.15, -0.1) is 0 Å². The molecule has 1 unspecified atom stereocenters. The Morgan fingerprint density at radius 2 is 2.03 bits per heavy atom. The number of rotatable bonds is 6. The second kappa shape index (κ2) is 9.38. The molecule has 13 heteroatoms. The van der Waals surface area contributed by atoms with Gasteiger partial charge in [0.2, 0.25) is 5.43 Å². The van der Waals surface area contributed by atoms with Crippen LogP contribution in [-0.4, -0.2) is 68.6 Å². The summed E-state index contributed by atoms with van der Waals surface area (Å²) in [7, 11) is -2.25. The summed E-state index contributed by atoms with van der Waals surface area (Å²) >= 11 is 0. The highest BCUT2D eigenvalue weighted by Crippen LogP contribution is 2.37. The smallest absolute Gasteiger partial charge is 0.274 e. The van der Waals surface area contributed by atoms with Gasteiger partial charge < -0.3 is 34.4 Å². The number of aromatic hydroxyl groups is 1. The first kappa shape index (κ1) is 24.2. The fraction of sp³-hybridized carbons (Fsp3) is 0.381. The van der Waals surface area contributed by atoms with Crippen LogP contribution in [0.2, 0.25) is 0 Å². The van der Waals surface area contributed by atoms with E-state index in [1.165, 1.54) is 15.7 Å². The quantitative estimate of drug-likeness (QED) is 0.429. The molecule has 2 aliphatic heterocycles. The monoisotopic (exact) mass is 497 g/mol. The summed E-state index contributed by atoms with van der Waals surface area (Å²) in [6, 6.07) is 2.85. The molecular formula is C21H22F2N3O7P. The van der Waals surface area contributed by atoms with Crippen molar-refractivity contribution in [3.05, 3.63) is 63.1 Å². The third kappa shape index (κ3) is 4.41. The lowest BCUT2D eigenvalue weighted by molar-refractivity contribution is 0.0511. The van der Waals surface area contributed by atoms with Crippen molar-refractivity contribution in [3.63, 3.8) is 0 Å². The van der Waals surface area contributed by atoms with Gasteiger partial charge in [-0.25, -0.2) is 8.78 Å². The Labute approximate surface area is 193 Å². The molecule has 1 aromatic heterocycles. The number of nitrogens with one attached hydrogen (secondary N) is 1. The maximum Gasteiger partial charge on any atom is 0.274 e. The lowest BCUT2D eigenvalue weighted by atomic mass is 9.92. The molecule has 4 N–H and O–H groups in total. The molecule has 10 nitrogen and oxygen atoms in total. The van der Waals surface area contributed by atoms with Crippen LogP contribution in [0, 0.1) is 11.6 Å². The summed E-state index contributed by atoms with van der Waals surface area (Å²) in [5.41, 5.74) is -2.73. The summed E-state index contributed by atoms with van der Waals surface area (Å²) in [6.45, 7) is 0.261. The van der Waals surface area contributed by atoms with Gasteiger partial charge in [-0.3, -0.25) is 14.4 Å². The van der Waals surface area contributed by atoms with Crippen LogP contribution in [0.25, 0.3) is 0 Å². The molecule has 4 rings (SSSR count). The molecular weight excluding hydrogens is 475 g/mol. The highest BCUT2D eigenvalue weighted by Gasteiger charge is 2.47. The minimum Gasteiger partial charge on any atom is -0.503 e. The van der Waals surface area contributed by atoms with Crippen LogP contribution in [0.3, 0.4) is 0 Å². The standard InChI is InChI=1S/C21H22F2N3O7P/c22-13-2-1-12(15(23)7-13)8-24-19(29)14-9-26-16(18(28)17(14)27)20(30)25(4-6-34(31)32)10-21(26)3-5-33-11-21/h1-2,7,9,28,31-32H,3-6,8,10-11H2,(H,24,29). The molecule has 0 saturated carbocycles. The molecule has 0 radical (unpaired) electrons. The highest BCUT2D eigenvalue weighted by atomic mass is 31.2. The van der Waals surface area contributed by atoms with Crippen LogP contribution in [0.15, 0.2) is 29.2 Å². The van der Waals surface area contributed by atoms with Gasteiger partial charge in [-0.1, -0.05) is 6.07 Å². The molecule has 1 fully saturated rings. The van der Waals surface area contributed by atoms with Crippen molar-refractivity contribution in [2.24, 2.45) is 0 Å². The Kier molecular flexibility index (Phi) is 6.68. The van der Waals surface area contributed by atoms with E-state index in [4.69, 9.17) is 4.74 Å². The number of ether oxygens (including phenoxy) is 1. The molecule has 0 aliphatic carbocycles. The van der Waals surface area contributed by atoms with Gasteiger partial charge in [0.1, 0.15) is 17.2 Å². The first-order valence-electron chi connectivity index (χ1n) is 10.4. The summed E-state index contributed by atoms with van der Waals surface area (Å²) < 4.78 is 33.9. The predicted octanol–water partition coefficient (Wildman–Crippen LogP) is 0.630. The van der Waals surface area contributed by atoms with Crippen molar-refractivity contribution in [1.82, 2.24) is 14.8 Å². The molecule has 2 amide bonds. The van der Waals surface area contributed by atoms with Crippen LogP contribution in [0.1, 0.15) is 32.8 Å². The zero-order valence-electron chi connectivity index (χ0n) is 17.8. The molecule has 2 aliphatic rings. The van der Waals surface area contributed by atoms with Crippen LogP contribution in [-0.2, 0) is 16.8 Å². The SMILES string of the molecule is O=C(NCc1ccc(F)cc1F)c1cn2c(c(O)c1=O)C(=O)N(CCP(O)O)CC21CCOC1. The molecule has 3 heterocycles. The molecule has 1 saturated heterocycles. The van der Waals surface area contributed by atoms with Crippen molar-refractivity contribution in [1.29, 1.82) is 0 Å². The van der Waals surface area contributed by atoms with E-state index >= 15 is 0 Å². The average Bonchev–Trinajstić information content (AvgIpc) is 3.25. The maximum atomic E-state index is 13.9. The first-order chi connectivity index (χ1) is 16.1. The topological polar surface area (TPSA) is 141 Å². The third-order valence-corrected chi connectivity index (χ3v) is 6.62. The molecule has 1 spiro atoms. The zero-order valence-corrected chi connectivity index (χ0v) is 18.7. The van der Waals surface area contributed by atoms with Gasteiger partial charge in [0.15, 0.2) is 19.8 Å². The van der Waals surface area contributed by atoms with Crippen molar-refractivity contribution in [3.8, 4) is 5.75 Å². The van der Waals surface area contributed by atoms with Crippen LogP contribution in [0.4, 0.5) is 8.78 Å². The molecule has 34 heavy (non-hydrogen) atoms. The second-order valence-corrected chi connectivity index (χ2v) is 9.40. The van der Waals surface area contributed by atoms with E-state index < -0.39 is 54.1 Å². The van der Waals surface area contributed by atoms with Crippen LogP contribution in [0.5, 0.6) is 5.75 Å². The number of hydrogen-bond acceptors (Lipinski definition) is 7. The fourth-order valence-electron chi connectivity index (χ4n) is 4.23. The van der Waals surface area contributed by atoms with Crippen molar-refractivity contribution >= 4 is 20.2 Å². The number of amides is 2. The van der Waals surface area contributed by atoms with Gasteiger partial charge in [-0.05, 0) is 12.5 Å². The molecule has 1 atom stereocenters. The van der Waals surface area contributed by atoms with Crippen molar-refractivity contribution < 1.29 is 38.0 Å². The number of benzene rings is 1. The number of halogens is 2. The minimum absolute atomic E-state index is 0.00160. The highest BCUT2D eigenvalue weighted by molar-refractivity contribution is 7.45. The number of nitrogens with zero attached hydrogens (tertiary/aromatic N) is 2. The summed E-state index contributed by atoms with van der Waals surface area (Å²) in [6.07, 6.45) is 1.53. The lowest BCUT2D eigenvalue weighted by Crippen LogP contribution is -2.56. The molecule has 2 aromatic rings. The number of aromatic nitrogens is 1. The van der Waals surface area contributed by atoms with E-state index in [1.807, 2.05) is 0 Å². The van der Waals surface area contributed by atoms with E-state index in [9.17, 15) is 38.1 Å². The van der Waals surface area contributed by atoms with Crippen molar-refractivity contribution in [2.45, 2.75) is 18.5 Å². The Balaban J connectivity index is 1.68. The minimum atomic E-state index is -2.25. The van der Waals surface area contributed by atoms with E-state index in [0.29, 0.717) is 19.1 Å². The largest absolute Gasteiger partial charge is 0.503 e. The zero-order chi connectivity index (χ0) is 24.6. The van der Waals surface area contributed by atoms with E-state index in [1.54, 1.807) is 0 Å². The fourth-order valence-corrected chi connectivity index (χ4v) is 4.65. The number of hydrogen-bond donors (Lipinski definition) is 4. The Morgan fingerprint density at radius 1 is 1.26 bits per heavy atom. The summed E-state index contributed by atoms with van der Waals surface area (Å²) in [5, 5.41) is 13.0. The summed E-state index contributed by atoms with van der Waals surface area (Å²) in [5.74, 6) is -4.16. The van der Waals surface area contributed by atoms with E-state index in [0.717, 1.165) is 12.1 Å². The maximum absolute atomic E-state index is 13.9. The Hall–Kier alpha value is -2.92. The number of pyridine rings is 1. The molecule has 182 valence electrons. The third-order valence-electron chi connectivity index (χ3n) is 6.02. The Morgan fingerprint density at radius 3 is 2.68 bits per heavy atom. The Bertz CT molecular complexity index is 1200. The summed E-state index contributed by atoms with van der Waals surface area (Å²) in [4.78, 5) is 58.4. The van der Waals surface area contributed by atoms with Gasteiger partial charge in [-0.2, -0.15) is 0 Å². The van der Waals surface area contributed by atoms with Crippen LogP contribution < -0.4 is 10.7 Å². The van der Waals surface area contributed by atoms with E-state index in [2.05, 4.69) is 5.32 Å². The van der Waals surface area contributed by atoms with E-state index in [-0.39, 0.29) is 43.7 Å². The molecule has 1 aromatic carbocycles. The van der Waals surface area contributed by atoms with Gasteiger partial charge in [0, 0.05) is 50.2 Å². The van der Waals surface area contributed by atoms with Gasteiger partial charge in [0.25, 0.3) is 11.8 Å². The second-order valence-electron chi connectivity index (χ2n) is 8.21. The number of fused-ring (bicyclic) bond motifs is 2. The lowest BCUT2D eigenvalue weighted by Gasteiger charge is -2.43. The predicted molar refractivity (Wildman–Crippen MR) is 115 cm³/mol. The number of carbonyl (C=O) groups excluding carboxylic acids is 2. The number of carbonyl (C=O) groups is 2. The normalized spacial score (nSPS) is 19.7. The van der Waals surface area contributed by atoms with Gasteiger partial charge in [0.05, 0.1) is 12.1 Å². The molecule has 0 bridgehead atoms. The van der Waals surface area contributed by atoms with Crippen LogP contribution >= 0.6 is 8.38 Å². The van der Waals surface area contributed by atoms with Gasteiger partial charge >= 0.3 is 0 Å². The average molecular weight is 497 g/mol. The first-order valence-corrected chi connectivity index (χ1v) is 11.8. The van der Waals surface area contributed by atoms with Crippen molar-refractivity contribution in [2.75, 3.05) is 32.5 Å².